The summed E-state index contributed by atoms with van der Waals surface area (Å²) in [7, 11) is 0. The van der Waals surface area contributed by atoms with Gasteiger partial charge in [-0.05, 0) is 70.8 Å². The number of aromatic nitrogens is 2. The Labute approximate surface area is 306 Å². The van der Waals surface area contributed by atoms with Crippen molar-refractivity contribution in [2.45, 2.75) is 12.1 Å². The van der Waals surface area contributed by atoms with Crippen molar-refractivity contribution in [1.29, 1.82) is 0 Å². The van der Waals surface area contributed by atoms with Gasteiger partial charge in [-0.3, -0.25) is 0 Å². The van der Waals surface area contributed by atoms with Gasteiger partial charge in [-0.1, -0.05) is 115 Å². The fourth-order valence-corrected chi connectivity index (χ4v) is 7.58. The summed E-state index contributed by atoms with van der Waals surface area (Å²) in [5, 5.41) is 18.9. The van der Waals surface area contributed by atoms with Crippen LogP contribution in [0.2, 0.25) is 0 Å². The SMILES string of the molecule is O=C(O)COc1ccc(/C2=c3\cc/c([nH]3)=C(\c3ccccc3)C3C=C/C(=C(\c4ccccc4)c4ccc([nH]4)/C(c4ccccc4)=C4/C=CC2N4)N3)cc1. The third-order valence-corrected chi connectivity index (χ3v) is 9.92. The van der Waals surface area contributed by atoms with Crippen molar-refractivity contribution >= 4 is 28.3 Å². The molecule has 7 nitrogen and oxygen atoms in total. The van der Waals surface area contributed by atoms with Crippen LogP contribution in [0, 0.1) is 0 Å². The molecule has 258 valence electrons. The average Bonchev–Trinajstić information content (AvgIpc) is 4.04. The highest BCUT2D eigenvalue weighted by atomic mass is 16.5. The van der Waals surface area contributed by atoms with Gasteiger partial charge >= 0.3 is 5.97 Å². The molecule has 9 rings (SSSR count). The second-order valence-electron chi connectivity index (χ2n) is 13.2. The number of nitrogens with one attached hydrogen (secondary N) is 4. The average molecular weight is 693 g/mol. The minimum atomic E-state index is -1.01. The lowest BCUT2D eigenvalue weighted by Crippen LogP contribution is -2.31. The van der Waals surface area contributed by atoms with Gasteiger partial charge in [-0.2, -0.15) is 0 Å². The second-order valence-corrected chi connectivity index (χ2v) is 13.2. The summed E-state index contributed by atoms with van der Waals surface area (Å²) in [6.45, 7) is -0.398. The number of allylic oxidation sites excluding steroid dienone is 2. The van der Waals surface area contributed by atoms with Gasteiger partial charge in [0.25, 0.3) is 0 Å². The predicted molar refractivity (Wildman–Crippen MR) is 209 cm³/mol. The van der Waals surface area contributed by atoms with Crippen molar-refractivity contribution in [2.75, 3.05) is 6.61 Å². The van der Waals surface area contributed by atoms with Gasteiger partial charge in [0.15, 0.2) is 6.61 Å². The normalized spacial score (nSPS) is 22.3. The molecule has 0 spiro atoms. The minimum Gasteiger partial charge on any atom is -0.482 e. The molecule has 2 unspecified atom stereocenters. The van der Waals surface area contributed by atoms with Crippen molar-refractivity contribution in [3.8, 4) is 5.75 Å². The number of carbonyl (C=O) groups is 1. The van der Waals surface area contributed by atoms with E-state index in [-0.39, 0.29) is 12.1 Å². The van der Waals surface area contributed by atoms with Crippen molar-refractivity contribution in [3.63, 3.8) is 0 Å². The van der Waals surface area contributed by atoms with E-state index < -0.39 is 12.6 Å². The van der Waals surface area contributed by atoms with Gasteiger partial charge in [-0.25, -0.2) is 4.79 Å². The number of aromatic amines is 2. The summed E-state index contributed by atoms with van der Waals surface area (Å²) in [6, 6.07) is 47.5. The van der Waals surface area contributed by atoms with E-state index in [2.05, 4.69) is 148 Å². The second kappa shape index (κ2) is 13.6. The Kier molecular flexibility index (Phi) is 8.21. The number of benzene rings is 4. The van der Waals surface area contributed by atoms with Crippen LogP contribution in [0.4, 0.5) is 0 Å². The molecule has 53 heavy (non-hydrogen) atoms. The van der Waals surface area contributed by atoms with Crippen LogP contribution in [0.3, 0.4) is 0 Å². The van der Waals surface area contributed by atoms with Crippen molar-refractivity contribution < 1.29 is 14.6 Å². The van der Waals surface area contributed by atoms with Gasteiger partial charge in [0.1, 0.15) is 5.75 Å². The first-order valence-corrected chi connectivity index (χ1v) is 17.7. The van der Waals surface area contributed by atoms with E-state index >= 15 is 0 Å². The first-order valence-electron chi connectivity index (χ1n) is 17.7. The molecule has 2 atom stereocenters. The summed E-state index contributed by atoms with van der Waals surface area (Å²) >= 11 is 0. The molecule has 3 aliphatic heterocycles. The van der Waals surface area contributed by atoms with Gasteiger partial charge in [0.05, 0.1) is 12.1 Å². The van der Waals surface area contributed by atoms with Crippen LogP contribution in [0.1, 0.15) is 33.6 Å². The molecular weight excluding hydrogens is 657 g/mol. The zero-order chi connectivity index (χ0) is 35.7. The Morgan fingerprint density at radius 3 is 1.45 bits per heavy atom. The Morgan fingerprint density at radius 2 is 0.981 bits per heavy atom. The fourth-order valence-electron chi connectivity index (χ4n) is 7.58. The highest BCUT2D eigenvalue weighted by molar-refractivity contribution is 5.88. The Morgan fingerprint density at radius 1 is 0.528 bits per heavy atom. The molecule has 0 saturated carbocycles. The maximum absolute atomic E-state index is 11.2. The molecule has 4 aromatic carbocycles. The molecular formula is C46H36N4O3. The van der Waals surface area contributed by atoms with Crippen LogP contribution < -0.4 is 26.1 Å². The summed E-state index contributed by atoms with van der Waals surface area (Å²) in [5.74, 6) is -0.516. The largest absolute Gasteiger partial charge is 0.482 e. The van der Waals surface area contributed by atoms with E-state index in [0.29, 0.717) is 5.75 Å². The van der Waals surface area contributed by atoms with E-state index in [1.54, 1.807) is 0 Å². The monoisotopic (exact) mass is 692 g/mol. The van der Waals surface area contributed by atoms with Crippen molar-refractivity contribution in [2.24, 2.45) is 0 Å². The van der Waals surface area contributed by atoms with E-state index in [1.165, 1.54) is 0 Å². The van der Waals surface area contributed by atoms with Crippen LogP contribution >= 0.6 is 0 Å². The third kappa shape index (κ3) is 6.19. The van der Waals surface area contributed by atoms with Crippen LogP contribution in [-0.4, -0.2) is 39.7 Å². The van der Waals surface area contributed by atoms with Gasteiger partial charge in [0, 0.05) is 55.8 Å². The van der Waals surface area contributed by atoms with Crippen LogP contribution in [0.5, 0.6) is 5.75 Å². The molecule has 2 aromatic heterocycles. The van der Waals surface area contributed by atoms with Gasteiger partial charge < -0.3 is 30.4 Å². The fraction of sp³-hybridized carbons (Fsp3) is 0.0652. The Balaban J connectivity index is 1.31. The lowest BCUT2D eigenvalue weighted by Gasteiger charge is -2.20. The zero-order valence-electron chi connectivity index (χ0n) is 28.7. The molecule has 5 N–H and O–H groups in total. The number of ether oxygens (including phenoxy) is 1. The topological polar surface area (TPSA) is 102 Å². The summed E-state index contributed by atoms with van der Waals surface area (Å²) in [6.07, 6.45) is 8.82. The molecule has 0 fully saturated rings. The number of carboxylic acids is 1. The van der Waals surface area contributed by atoms with Gasteiger partial charge in [-0.15, -0.1) is 0 Å². The maximum atomic E-state index is 11.2. The van der Waals surface area contributed by atoms with E-state index in [4.69, 9.17) is 9.84 Å². The quantitative estimate of drug-likeness (QED) is 0.132. The minimum absolute atomic E-state index is 0.107. The molecule has 7 heteroatoms. The highest BCUT2D eigenvalue weighted by Gasteiger charge is 2.27. The van der Waals surface area contributed by atoms with Crippen molar-refractivity contribution in [3.05, 3.63) is 220 Å². The highest BCUT2D eigenvalue weighted by Crippen LogP contribution is 2.35. The summed E-state index contributed by atoms with van der Waals surface area (Å²) < 4.78 is 5.49. The van der Waals surface area contributed by atoms with E-state index in [9.17, 15) is 4.79 Å². The number of H-pyrrole nitrogens is 2. The number of hydrogen-bond donors (Lipinski definition) is 5. The standard InChI is InChI=1S/C46H36N4O3/c51-42(52)28-53-33-18-16-32(17-19-33)46-40-26-24-38(49-40)44(30-12-6-2-7-13-30)36-22-20-34(47-36)43(29-10-4-1-5-11-29)35-21-23-37(48-35)45(31-14-8-3-9-15-31)39-25-27-41(46)50-39/h1-27,36,41,47-50H,28H2,(H,51,52)/b43-34-,44-38-,45-39-,46-40-. The number of aliphatic carboxylic acids is 1. The van der Waals surface area contributed by atoms with Crippen LogP contribution in [0.25, 0.3) is 22.3 Å². The predicted octanol–water partition coefficient (Wildman–Crippen LogP) is 6.49. The zero-order valence-corrected chi connectivity index (χ0v) is 28.7. The lowest BCUT2D eigenvalue weighted by molar-refractivity contribution is -0.139. The molecule has 0 aliphatic carbocycles. The Bertz CT molecular complexity index is 2580. The third-order valence-electron chi connectivity index (χ3n) is 9.92. The summed E-state index contributed by atoms with van der Waals surface area (Å²) in [4.78, 5) is 18.8. The van der Waals surface area contributed by atoms with Gasteiger partial charge in [0.2, 0.25) is 0 Å². The first kappa shape index (κ1) is 32.0. The molecule has 6 aromatic rings. The van der Waals surface area contributed by atoms with E-state index in [0.717, 1.165) is 78.0 Å². The van der Waals surface area contributed by atoms with Crippen LogP contribution in [0.15, 0.2) is 175 Å². The Hall–Kier alpha value is -6.99. The molecule has 8 bridgehead atoms. The molecule has 5 heterocycles. The molecule has 0 amide bonds. The lowest BCUT2D eigenvalue weighted by atomic mass is 9.98. The summed E-state index contributed by atoms with van der Waals surface area (Å²) in [5.41, 5.74) is 12.7. The maximum Gasteiger partial charge on any atom is 0.341 e. The number of carboxylic acid groups (broad SMARTS) is 1. The number of fused-ring (bicyclic) bond motifs is 8. The number of rotatable bonds is 7. The van der Waals surface area contributed by atoms with Crippen molar-refractivity contribution in [1.82, 2.24) is 20.6 Å². The van der Waals surface area contributed by atoms with Crippen LogP contribution in [-0.2, 0) is 4.79 Å². The molecule has 3 aliphatic rings. The molecule has 0 saturated heterocycles. The molecule has 0 radical (unpaired) electrons. The van der Waals surface area contributed by atoms with E-state index in [1.807, 2.05) is 36.4 Å². The number of hydrogen-bond acceptors (Lipinski definition) is 4. The first-order chi connectivity index (χ1) is 26.1. The smallest absolute Gasteiger partial charge is 0.341 e.